The Bertz CT molecular complexity index is 547. The molecule has 1 saturated heterocycles. The summed E-state index contributed by atoms with van der Waals surface area (Å²) in [5.74, 6) is 0.244. The molecule has 2 aliphatic rings. The number of carbonyl (C=O) groups excluding carboxylic acids is 2. The summed E-state index contributed by atoms with van der Waals surface area (Å²) in [5.41, 5.74) is 3.93. The summed E-state index contributed by atoms with van der Waals surface area (Å²) in [6.45, 7) is 4.65. The predicted molar refractivity (Wildman–Crippen MR) is 64.2 cm³/mol. The van der Waals surface area contributed by atoms with Gasteiger partial charge < -0.3 is 5.32 Å². The minimum Gasteiger partial charge on any atom is -0.355 e. The van der Waals surface area contributed by atoms with Gasteiger partial charge in [0.1, 0.15) is 0 Å². The zero-order valence-corrected chi connectivity index (χ0v) is 10.1. The molecule has 0 aromatic heterocycles. The van der Waals surface area contributed by atoms with Gasteiger partial charge in [0.05, 0.1) is 0 Å². The van der Waals surface area contributed by atoms with E-state index in [1.165, 1.54) is 0 Å². The Morgan fingerprint density at radius 1 is 1.18 bits per heavy atom. The highest BCUT2D eigenvalue weighted by atomic mass is 16.2. The Kier molecular flexibility index (Phi) is 1.97. The van der Waals surface area contributed by atoms with E-state index in [9.17, 15) is 9.59 Å². The first-order chi connectivity index (χ1) is 8.02. The molecule has 1 unspecified atom stereocenters. The second-order valence-corrected chi connectivity index (χ2v) is 5.34. The van der Waals surface area contributed by atoms with Crippen LogP contribution < -0.4 is 5.32 Å². The fourth-order valence-corrected chi connectivity index (χ4v) is 3.38. The second-order valence-electron chi connectivity index (χ2n) is 5.34. The van der Waals surface area contributed by atoms with E-state index in [2.05, 4.69) is 11.4 Å². The maximum absolute atomic E-state index is 12.1. The van der Waals surface area contributed by atoms with E-state index < -0.39 is 0 Å². The smallest absolute Gasteiger partial charge is 0.221 e. The van der Waals surface area contributed by atoms with Crippen LogP contribution in [0.1, 0.15) is 39.9 Å². The largest absolute Gasteiger partial charge is 0.355 e. The molecule has 1 atom stereocenters. The van der Waals surface area contributed by atoms with Gasteiger partial charge in [-0.1, -0.05) is 11.6 Å². The van der Waals surface area contributed by atoms with Crippen LogP contribution in [0.4, 0.5) is 0 Å². The van der Waals surface area contributed by atoms with E-state index >= 15 is 0 Å². The first kappa shape index (κ1) is 10.5. The molecule has 3 heteroatoms. The van der Waals surface area contributed by atoms with Crippen molar-refractivity contribution < 1.29 is 9.59 Å². The van der Waals surface area contributed by atoms with Crippen molar-refractivity contribution in [3.8, 4) is 0 Å². The normalized spacial score (nSPS) is 26.5. The van der Waals surface area contributed by atoms with Crippen molar-refractivity contribution in [1.82, 2.24) is 5.32 Å². The minimum atomic E-state index is -0.263. The van der Waals surface area contributed by atoms with Gasteiger partial charge in [-0.15, -0.1) is 0 Å². The van der Waals surface area contributed by atoms with E-state index in [0.29, 0.717) is 19.4 Å². The van der Waals surface area contributed by atoms with Crippen LogP contribution >= 0.6 is 0 Å². The van der Waals surface area contributed by atoms with Crippen molar-refractivity contribution in [3.63, 3.8) is 0 Å². The summed E-state index contributed by atoms with van der Waals surface area (Å²) in [4.78, 5) is 23.6. The second kappa shape index (κ2) is 3.19. The molecule has 17 heavy (non-hydrogen) atoms. The number of ketones is 1. The minimum absolute atomic E-state index is 0.0608. The first-order valence-corrected chi connectivity index (χ1v) is 5.93. The number of rotatable bonds is 0. The average molecular weight is 229 g/mol. The predicted octanol–water partition coefficient (Wildman–Crippen LogP) is 1.65. The maximum atomic E-state index is 12.1. The molecule has 1 aromatic carbocycles. The topological polar surface area (TPSA) is 46.2 Å². The highest BCUT2D eigenvalue weighted by Gasteiger charge is 2.48. The van der Waals surface area contributed by atoms with E-state index in [4.69, 9.17) is 0 Å². The van der Waals surface area contributed by atoms with Gasteiger partial charge in [-0.2, -0.15) is 0 Å². The van der Waals surface area contributed by atoms with Gasteiger partial charge in [-0.25, -0.2) is 0 Å². The number of hydrogen-bond acceptors (Lipinski definition) is 2. The van der Waals surface area contributed by atoms with E-state index in [1.807, 2.05) is 19.9 Å². The summed E-state index contributed by atoms with van der Waals surface area (Å²) < 4.78 is 0. The summed E-state index contributed by atoms with van der Waals surface area (Å²) >= 11 is 0. The van der Waals surface area contributed by atoms with E-state index in [0.717, 1.165) is 22.3 Å². The highest BCUT2D eigenvalue weighted by Crippen LogP contribution is 2.45. The monoisotopic (exact) mass is 229 g/mol. The molecule has 1 N–H and O–H groups in total. The van der Waals surface area contributed by atoms with Gasteiger partial charge in [0, 0.05) is 30.4 Å². The van der Waals surface area contributed by atoms with E-state index in [1.54, 1.807) is 0 Å². The van der Waals surface area contributed by atoms with Gasteiger partial charge in [0.2, 0.25) is 5.91 Å². The number of Topliss-reactive ketones (excluding diaryl/α,β-unsaturated/α-hetero) is 1. The van der Waals surface area contributed by atoms with Gasteiger partial charge in [-0.05, 0) is 31.0 Å². The van der Waals surface area contributed by atoms with Gasteiger partial charge in [0.25, 0.3) is 0 Å². The van der Waals surface area contributed by atoms with Crippen LogP contribution in [0.25, 0.3) is 0 Å². The number of hydrogen-bond donors (Lipinski definition) is 1. The number of carbonyl (C=O) groups is 2. The molecule has 1 aliphatic heterocycles. The Labute approximate surface area is 100 Å². The molecule has 1 heterocycles. The summed E-state index contributed by atoms with van der Waals surface area (Å²) in [6.07, 6.45) is 0.932. The van der Waals surface area contributed by atoms with E-state index in [-0.39, 0.29) is 17.1 Å². The number of amides is 1. The number of fused-ring (bicyclic) bond motifs is 2. The molecule has 0 bridgehead atoms. The zero-order chi connectivity index (χ0) is 12.2. The molecular weight excluding hydrogens is 214 g/mol. The quantitative estimate of drug-likeness (QED) is 0.735. The van der Waals surface area contributed by atoms with Gasteiger partial charge in [-0.3, -0.25) is 9.59 Å². The first-order valence-electron chi connectivity index (χ1n) is 5.93. The third-order valence-corrected chi connectivity index (χ3v) is 3.93. The fraction of sp³-hybridized carbons (Fsp3) is 0.429. The Morgan fingerprint density at radius 2 is 1.94 bits per heavy atom. The van der Waals surface area contributed by atoms with Crippen LogP contribution in [-0.2, 0) is 10.2 Å². The van der Waals surface area contributed by atoms with Crippen LogP contribution in [0.15, 0.2) is 12.1 Å². The third kappa shape index (κ3) is 1.35. The molecule has 1 aliphatic carbocycles. The lowest BCUT2D eigenvalue weighted by Crippen LogP contribution is -2.27. The maximum Gasteiger partial charge on any atom is 0.221 e. The summed E-state index contributed by atoms with van der Waals surface area (Å²) in [5, 5.41) is 2.86. The lowest BCUT2D eigenvalue weighted by Gasteiger charge is -2.23. The van der Waals surface area contributed by atoms with Gasteiger partial charge in [0.15, 0.2) is 5.78 Å². The Morgan fingerprint density at radius 3 is 2.59 bits per heavy atom. The molecular formula is C14H15NO2. The van der Waals surface area contributed by atoms with Crippen LogP contribution in [0.5, 0.6) is 0 Å². The van der Waals surface area contributed by atoms with Crippen molar-refractivity contribution in [1.29, 1.82) is 0 Å². The van der Waals surface area contributed by atoms with Gasteiger partial charge >= 0.3 is 0 Å². The summed E-state index contributed by atoms with van der Waals surface area (Å²) in [6, 6.07) is 4.06. The molecule has 88 valence electrons. The van der Waals surface area contributed by atoms with Crippen molar-refractivity contribution in [2.45, 2.75) is 32.1 Å². The van der Waals surface area contributed by atoms with Crippen LogP contribution in [-0.4, -0.2) is 18.2 Å². The van der Waals surface area contributed by atoms with Crippen LogP contribution in [0, 0.1) is 13.8 Å². The third-order valence-electron chi connectivity index (χ3n) is 3.93. The number of nitrogens with one attached hydrogen (secondary N) is 1. The van der Waals surface area contributed by atoms with Crippen LogP contribution in [0.3, 0.4) is 0 Å². The SMILES string of the molecule is Cc1cc(C)c2c(c1)C(=O)CC21CNC(=O)C1. The molecule has 0 saturated carbocycles. The molecule has 0 radical (unpaired) electrons. The number of aryl methyl sites for hydroxylation is 2. The molecule has 1 spiro atoms. The Hall–Kier alpha value is -1.64. The van der Waals surface area contributed by atoms with Crippen molar-refractivity contribution in [2.75, 3.05) is 6.54 Å². The molecule has 1 fully saturated rings. The van der Waals surface area contributed by atoms with Crippen LogP contribution in [0.2, 0.25) is 0 Å². The number of benzene rings is 1. The zero-order valence-electron chi connectivity index (χ0n) is 10.1. The fourth-order valence-electron chi connectivity index (χ4n) is 3.38. The molecule has 3 nitrogen and oxygen atoms in total. The standard InChI is InChI=1S/C14H15NO2/c1-8-3-9(2)13-10(4-8)11(16)5-14(13)6-12(17)15-7-14/h3-4H,5-7H2,1-2H3,(H,15,17). The highest BCUT2D eigenvalue weighted by molar-refractivity contribution is 6.04. The average Bonchev–Trinajstić information content (AvgIpc) is 2.70. The molecule has 3 rings (SSSR count). The lowest BCUT2D eigenvalue weighted by atomic mass is 9.79. The van der Waals surface area contributed by atoms with Crippen molar-refractivity contribution >= 4 is 11.7 Å². The van der Waals surface area contributed by atoms with Crippen molar-refractivity contribution in [3.05, 3.63) is 34.4 Å². The lowest BCUT2D eigenvalue weighted by molar-refractivity contribution is -0.119. The Balaban J connectivity index is 2.23. The summed E-state index contributed by atoms with van der Waals surface area (Å²) in [7, 11) is 0. The molecule has 1 aromatic rings. The molecule has 1 amide bonds. The van der Waals surface area contributed by atoms with Crippen molar-refractivity contribution in [2.24, 2.45) is 0 Å².